The third-order valence-corrected chi connectivity index (χ3v) is 3.09. The van der Waals surface area contributed by atoms with Gasteiger partial charge in [-0.2, -0.15) is 0 Å². The maximum Gasteiger partial charge on any atom is 0.331 e. The quantitative estimate of drug-likeness (QED) is 0.745. The molecular formula is C14H13N3O. The fourth-order valence-corrected chi connectivity index (χ4v) is 2.10. The third-order valence-electron chi connectivity index (χ3n) is 3.09. The summed E-state index contributed by atoms with van der Waals surface area (Å²) in [5.74, 6) is 0. The molecule has 2 heterocycles. The Bertz CT molecular complexity index is 738. The molecule has 0 radical (unpaired) electrons. The second-order valence-electron chi connectivity index (χ2n) is 4.18. The Morgan fingerprint density at radius 1 is 1.22 bits per heavy atom. The van der Waals surface area contributed by atoms with E-state index in [1.807, 2.05) is 30.3 Å². The Labute approximate surface area is 104 Å². The van der Waals surface area contributed by atoms with Crippen LogP contribution in [0, 0.1) is 0 Å². The minimum absolute atomic E-state index is 0.137. The molecule has 3 rings (SSSR count). The first kappa shape index (κ1) is 10.8. The minimum atomic E-state index is -0.137. The number of pyridine rings is 1. The first-order valence-electron chi connectivity index (χ1n) is 5.93. The van der Waals surface area contributed by atoms with Gasteiger partial charge in [-0.3, -0.25) is 9.55 Å². The van der Waals surface area contributed by atoms with Gasteiger partial charge < -0.3 is 4.98 Å². The summed E-state index contributed by atoms with van der Waals surface area (Å²) in [6.07, 6.45) is 4.34. The van der Waals surface area contributed by atoms with Gasteiger partial charge in [0, 0.05) is 6.20 Å². The molecular weight excluding hydrogens is 226 g/mol. The number of imidazole rings is 1. The van der Waals surface area contributed by atoms with Crippen molar-refractivity contribution in [3.63, 3.8) is 0 Å². The van der Waals surface area contributed by atoms with Gasteiger partial charge in [0.1, 0.15) is 0 Å². The molecule has 2 aromatic heterocycles. The second kappa shape index (κ2) is 4.14. The van der Waals surface area contributed by atoms with Crippen molar-refractivity contribution in [1.82, 2.24) is 14.5 Å². The molecule has 0 bridgehead atoms. The van der Waals surface area contributed by atoms with E-state index in [0.29, 0.717) is 0 Å². The normalized spacial score (nSPS) is 10.9. The van der Waals surface area contributed by atoms with Crippen LogP contribution in [0.25, 0.3) is 16.7 Å². The van der Waals surface area contributed by atoms with Crippen LogP contribution >= 0.6 is 0 Å². The smallest absolute Gasteiger partial charge is 0.304 e. The molecule has 0 saturated carbocycles. The summed E-state index contributed by atoms with van der Waals surface area (Å²) in [6, 6.07) is 9.85. The Balaban J connectivity index is 2.24. The number of fused-ring (bicyclic) bond motifs is 1. The lowest BCUT2D eigenvalue weighted by molar-refractivity contribution is 1.01. The summed E-state index contributed by atoms with van der Waals surface area (Å²) in [4.78, 5) is 18.8. The summed E-state index contributed by atoms with van der Waals surface area (Å²) < 4.78 is 1.66. The van der Waals surface area contributed by atoms with Crippen LogP contribution in [0.2, 0.25) is 0 Å². The van der Waals surface area contributed by atoms with E-state index in [2.05, 4.69) is 16.9 Å². The fraction of sp³-hybridized carbons (Fsp3) is 0.143. The van der Waals surface area contributed by atoms with E-state index < -0.39 is 0 Å². The summed E-state index contributed by atoms with van der Waals surface area (Å²) >= 11 is 0. The highest BCUT2D eigenvalue weighted by Crippen LogP contribution is 2.14. The third kappa shape index (κ3) is 1.62. The SMILES string of the molecule is CCc1ccc(-n2c(=O)[nH]c3cnccc32)cc1. The maximum absolute atomic E-state index is 12.0. The van der Waals surface area contributed by atoms with Crippen molar-refractivity contribution in [2.24, 2.45) is 0 Å². The molecule has 0 unspecified atom stereocenters. The van der Waals surface area contributed by atoms with Gasteiger partial charge in [0.2, 0.25) is 0 Å². The zero-order chi connectivity index (χ0) is 12.5. The Morgan fingerprint density at radius 2 is 2.00 bits per heavy atom. The Morgan fingerprint density at radius 3 is 2.72 bits per heavy atom. The first-order chi connectivity index (χ1) is 8.79. The zero-order valence-corrected chi connectivity index (χ0v) is 10.1. The van der Waals surface area contributed by atoms with Gasteiger partial charge in [-0.05, 0) is 30.2 Å². The van der Waals surface area contributed by atoms with Crippen LogP contribution in [0.15, 0.2) is 47.5 Å². The number of benzene rings is 1. The van der Waals surface area contributed by atoms with Gasteiger partial charge in [0.25, 0.3) is 0 Å². The molecule has 0 aliphatic heterocycles. The topological polar surface area (TPSA) is 50.7 Å². The van der Waals surface area contributed by atoms with Crippen LogP contribution in [0.3, 0.4) is 0 Å². The summed E-state index contributed by atoms with van der Waals surface area (Å²) in [5.41, 5.74) is 3.59. The summed E-state index contributed by atoms with van der Waals surface area (Å²) in [7, 11) is 0. The van der Waals surface area contributed by atoms with E-state index in [9.17, 15) is 4.79 Å². The number of aromatic amines is 1. The molecule has 0 spiro atoms. The number of aryl methyl sites for hydroxylation is 1. The minimum Gasteiger partial charge on any atom is -0.304 e. The molecule has 4 nitrogen and oxygen atoms in total. The van der Waals surface area contributed by atoms with Crippen molar-refractivity contribution in [3.8, 4) is 5.69 Å². The number of hydrogen-bond donors (Lipinski definition) is 1. The largest absolute Gasteiger partial charge is 0.331 e. The average Bonchev–Trinajstić information content (AvgIpc) is 2.75. The van der Waals surface area contributed by atoms with E-state index in [0.717, 1.165) is 23.1 Å². The molecule has 0 aliphatic carbocycles. The zero-order valence-electron chi connectivity index (χ0n) is 10.1. The number of nitrogens with one attached hydrogen (secondary N) is 1. The number of hydrogen-bond acceptors (Lipinski definition) is 2. The molecule has 0 atom stereocenters. The molecule has 1 aromatic carbocycles. The van der Waals surface area contributed by atoms with Crippen LogP contribution < -0.4 is 5.69 Å². The highest BCUT2D eigenvalue weighted by molar-refractivity contribution is 5.75. The molecule has 4 heteroatoms. The van der Waals surface area contributed by atoms with Gasteiger partial charge in [0.15, 0.2) is 0 Å². The van der Waals surface area contributed by atoms with Crippen LogP contribution in [-0.4, -0.2) is 14.5 Å². The van der Waals surface area contributed by atoms with E-state index in [-0.39, 0.29) is 5.69 Å². The Hall–Kier alpha value is -2.36. The standard InChI is InChI=1S/C14H13N3O/c1-2-10-3-5-11(6-4-10)17-13-7-8-15-9-12(13)16-14(17)18/h3-9H,2H2,1H3,(H,16,18). The Kier molecular flexibility index (Phi) is 2.48. The highest BCUT2D eigenvalue weighted by Gasteiger charge is 2.07. The first-order valence-corrected chi connectivity index (χ1v) is 5.93. The molecule has 0 aliphatic rings. The molecule has 3 aromatic rings. The summed E-state index contributed by atoms with van der Waals surface area (Å²) in [5, 5.41) is 0. The van der Waals surface area contributed by atoms with Crippen molar-refractivity contribution in [1.29, 1.82) is 0 Å². The predicted octanol–water partition coefficient (Wildman–Crippen LogP) is 2.28. The van der Waals surface area contributed by atoms with Crippen molar-refractivity contribution in [3.05, 3.63) is 58.8 Å². The predicted molar refractivity (Wildman–Crippen MR) is 71.1 cm³/mol. The van der Waals surface area contributed by atoms with E-state index in [1.165, 1.54) is 5.56 Å². The van der Waals surface area contributed by atoms with Crippen molar-refractivity contribution >= 4 is 11.0 Å². The van der Waals surface area contributed by atoms with Crippen LogP contribution in [0.4, 0.5) is 0 Å². The van der Waals surface area contributed by atoms with Gasteiger partial charge in [-0.25, -0.2) is 4.79 Å². The number of rotatable bonds is 2. The van der Waals surface area contributed by atoms with Crippen molar-refractivity contribution < 1.29 is 0 Å². The monoisotopic (exact) mass is 239 g/mol. The lowest BCUT2D eigenvalue weighted by Crippen LogP contribution is -2.14. The lowest BCUT2D eigenvalue weighted by Gasteiger charge is -2.04. The number of aromatic nitrogens is 3. The van der Waals surface area contributed by atoms with Gasteiger partial charge in [0.05, 0.1) is 22.9 Å². The number of nitrogens with zero attached hydrogens (tertiary/aromatic N) is 2. The molecule has 1 N–H and O–H groups in total. The van der Waals surface area contributed by atoms with Gasteiger partial charge in [-0.1, -0.05) is 19.1 Å². The van der Waals surface area contributed by atoms with E-state index >= 15 is 0 Å². The molecule has 0 saturated heterocycles. The van der Waals surface area contributed by atoms with Crippen LogP contribution in [0.5, 0.6) is 0 Å². The maximum atomic E-state index is 12.0. The fourth-order valence-electron chi connectivity index (χ4n) is 2.10. The van der Waals surface area contributed by atoms with E-state index in [4.69, 9.17) is 0 Å². The highest BCUT2D eigenvalue weighted by atomic mass is 16.1. The average molecular weight is 239 g/mol. The van der Waals surface area contributed by atoms with Crippen molar-refractivity contribution in [2.45, 2.75) is 13.3 Å². The van der Waals surface area contributed by atoms with E-state index in [1.54, 1.807) is 17.0 Å². The number of H-pyrrole nitrogens is 1. The van der Waals surface area contributed by atoms with Crippen molar-refractivity contribution in [2.75, 3.05) is 0 Å². The van der Waals surface area contributed by atoms with Crippen LogP contribution in [0.1, 0.15) is 12.5 Å². The van der Waals surface area contributed by atoms with Crippen LogP contribution in [-0.2, 0) is 6.42 Å². The van der Waals surface area contributed by atoms with Gasteiger partial charge >= 0.3 is 5.69 Å². The molecule has 18 heavy (non-hydrogen) atoms. The molecule has 90 valence electrons. The summed E-state index contributed by atoms with van der Waals surface area (Å²) in [6.45, 7) is 2.11. The molecule has 0 fully saturated rings. The molecule has 0 amide bonds. The second-order valence-corrected chi connectivity index (χ2v) is 4.18. The van der Waals surface area contributed by atoms with Gasteiger partial charge in [-0.15, -0.1) is 0 Å². The lowest BCUT2D eigenvalue weighted by atomic mass is 10.1.